The Bertz CT molecular complexity index is 114. The molecule has 0 heterocycles. The Hall–Kier alpha value is -0.310. The number of carbonyl (C=O) groups excluding carboxylic acids is 1. The fourth-order valence-corrected chi connectivity index (χ4v) is 0.371. The molecule has 0 aliphatic rings. The third kappa shape index (κ3) is 2.18. The fourth-order valence-electron chi connectivity index (χ4n) is 0.294. The molecule has 0 spiro atoms. The number of rotatable bonds is 2. The topological polar surface area (TPSA) is 26.3 Å². The van der Waals surface area contributed by atoms with Gasteiger partial charge in [-0.15, -0.1) is 0 Å². The van der Waals surface area contributed by atoms with Gasteiger partial charge in [0.1, 0.15) is 0 Å². The zero-order valence-corrected chi connectivity index (χ0v) is 6.04. The number of halogens is 2. The molecule has 9 heavy (non-hydrogen) atoms. The van der Waals surface area contributed by atoms with Crippen LogP contribution in [-0.4, -0.2) is 18.2 Å². The molecule has 0 amide bonds. The van der Waals surface area contributed by atoms with Crippen LogP contribution in [0.4, 0.5) is 4.39 Å². The van der Waals surface area contributed by atoms with E-state index in [1.165, 1.54) is 6.92 Å². The SMILES string of the molecule is CCC(F)(Cl)C(=O)OC. The molecular weight excluding hydrogens is 147 g/mol. The van der Waals surface area contributed by atoms with Crippen LogP contribution in [0.2, 0.25) is 0 Å². The van der Waals surface area contributed by atoms with Gasteiger partial charge in [-0.1, -0.05) is 18.5 Å². The summed E-state index contributed by atoms with van der Waals surface area (Å²) in [7, 11) is 1.09. The second-order valence-corrected chi connectivity index (χ2v) is 2.15. The van der Waals surface area contributed by atoms with Gasteiger partial charge in [0.25, 0.3) is 5.13 Å². The van der Waals surface area contributed by atoms with E-state index in [0.29, 0.717) is 0 Å². The van der Waals surface area contributed by atoms with Crippen molar-refractivity contribution in [3.8, 4) is 0 Å². The third-order valence-electron chi connectivity index (χ3n) is 0.928. The quantitative estimate of drug-likeness (QED) is 0.445. The van der Waals surface area contributed by atoms with Crippen LogP contribution in [0.1, 0.15) is 13.3 Å². The van der Waals surface area contributed by atoms with E-state index in [2.05, 4.69) is 4.74 Å². The number of hydrogen-bond acceptors (Lipinski definition) is 2. The minimum atomic E-state index is -2.34. The van der Waals surface area contributed by atoms with Crippen molar-refractivity contribution in [3.63, 3.8) is 0 Å². The number of carbonyl (C=O) groups is 1. The molecule has 0 aliphatic heterocycles. The maximum Gasteiger partial charge on any atom is 0.359 e. The van der Waals surface area contributed by atoms with Crippen LogP contribution in [-0.2, 0) is 9.53 Å². The highest BCUT2D eigenvalue weighted by Crippen LogP contribution is 2.22. The molecule has 0 aromatic heterocycles. The first-order valence-corrected chi connectivity index (χ1v) is 2.88. The molecule has 0 bridgehead atoms. The molecule has 2 nitrogen and oxygen atoms in total. The number of ether oxygens (including phenoxy) is 1. The van der Waals surface area contributed by atoms with Crippen molar-refractivity contribution in [1.82, 2.24) is 0 Å². The molecular formula is C5H8ClFO2. The highest BCUT2D eigenvalue weighted by Gasteiger charge is 2.34. The van der Waals surface area contributed by atoms with Gasteiger partial charge in [-0.05, 0) is 0 Å². The summed E-state index contributed by atoms with van der Waals surface area (Å²) >= 11 is 5.03. The Kier molecular flexibility index (Phi) is 2.91. The van der Waals surface area contributed by atoms with Crippen molar-refractivity contribution < 1.29 is 13.9 Å². The summed E-state index contributed by atoms with van der Waals surface area (Å²) in [4.78, 5) is 10.3. The van der Waals surface area contributed by atoms with E-state index in [1.54, 1.807) is 0 Å². The lowest BCUT2D eigenvalue weighted by molar-refractivity contribution is -0.149. The minimum absolute atomic E-state index is 0.0821. The maximum absolute atomic E-state index is 12.5. The largest absolute Gasteiger partial charge is 0.466 e. The first kappa shape index (κ1) is 8.69. The number of hydrogen-bond donors (Lipinski definition) is 0. The zero-order valence-electron chi connectivity index (χ0n) is 5.28. The summed E-state index contributed by atoms with van der Waals surface area (Å²) in [5, 5.41) is -2.34. The van der Waals surface area contributed by atoms with Crippen LogP contribution in [0.15, 0.2) is 0 Å². The highest BCUT2D eigenvalue weighted by molar-refractivity contribution is 6.32. The fraction of sp³-hybridized carbons (Fsp3) is 0.800. The Morgan fingerprint density at radius 3 is 2.44 bits per heavy atom. The van der Waals surface area contributed by atoms with E-state index in [4.69, 9.17) is 11.6 Å². The highest BCUT2D eigenvalue weighted by atomic mass is 35.5. The molecule has 0 aromatic rings. The van der Waals surface area contributed by atoms with Crippen molar-refractivity contribution in [2.24, 2.45) is 0 Å². The molecule has 0 N–H and O–H groups in total. The second kappa shape index (κ2) is 3.01. The monoisotopic (exact) mass is 154 g/mol. The van der Waals surface area contributed by atoms with Gasteiger partial charge in [-0.25, -0.2) is 9.18 Å². The van der Waals surface area contributed by atoms with Gasteiger partial charge in [0.05, 0.1) is 7.11 Å². The molecule has 1 unspecified atom stereocenters. The average Bonchev–Trinajstić information content (AvgIpc) is 1.86. The molecule has 0 radical (unpaired) electrons. The molecule has 1 atom stereocenters. The molecule has 0 saturated heterocycles. The Labute approximate surface area is 57.9 Å². The Morgan fingerprint density at radius 2 is 2.33 bits per heavy atom. The van der Waals surface area contributed by atoms with Crippen molar-refractivity contribution in [3.05, 3.63) is 0 Å². The minimum Gasteiger partial charge on any atom is -0.466 e. The summed E-state index contributed by atoms with van der Waals surface area (Å²) < 4.78 is 16.6. The lowest BCUT2D eigenvalue weighted by atomic mass is 10.3. The van der Waals surface area contributed by atoms with Crippen molar-refractivity contribution in [1.29, 1.82) is 0 Å². The molecule has 4 heteroatoms. The lowest BCUT2D eigenvalue weighted by Gasteiger charge is -2.10. The Balaban J connectivity index is 3.97. The molecule has 0 aliphatic carbocycles. The first-order valence-electron chi connectivity index (χ1n) is 2.51. The van der Waals surface area contributed by atoms with Gasteiger partial charge in [-0.3, -0.25) is 0 Å². The van der Waals surface area contributed by atoms with Gasteiger partial charge in [0, 0.05) is 6.42 Å². The van der Waals surface area contributed by atoms with Crippen molar-refractivity contribution >= 4 is 17.6 Å². The summed E-state index contributed by atoms with van der Waals surface area (Å²) in [6, 6.07) is 0. The summed E-state index contributed by atoms with van der Waals surface area (Å²) in [6.07, 6.45) is -0.0821. The van der Waals surface area contributed by atoms with E-state index >= 15 is 0 Å². The first-order chi connectivity index (χ1) is 4.04. The number of alkyl halides is 2. The smallest absolute Gasteiger partial charge is 0.359 e. The van der Waals surface area contributed by atoms with Crippen LogP contribution in [0.5, 0.6) is 0 Å². The summed E-state index contributed by atoms with van der Waals surface area (Å²) in [5.41, 5.74) is 0. The van der Waals surface area contributed by atoms with Crippen LogP contribution < -0.4 is 0 Å². The second-order valence-electron chi connectivity index (χ2n) is 1.55. The maximum atomic E-state index is 12.5. The average molecular weight is 155 g/mol. The molecule has 0 saturated carbocycles. The standard InChI is InChI=1S/C5H8ClFO2/c1-3-5(6,7)4(8)9-2/h3H2,1-2H3. The van der Waals surface area contributed by atoms with Crippen LogP contribution in [0.3, 0.4) is 0 Å². The molecule has 0 rings (SSSR count). The van der Waals surface area contributed by atoms with Gasteiger partial charge in [-0.2, -0.15) is 0 Å². The van der Waals surface area contributed by atoms with E-state index < -0.39 is 11.1 Å². The van der Waals surface area contributed by atoms with E-state index in [1.807, 2.05) is 0 Å². The predicted octanol–water partition coefficient (Wildman–Crippen LogP) is 1.47. The van der Waals surface area contributed by atoms with Gasteiger partial charge >= 0.3 is 5.97 Å². The van der Waals surface area contributed by atoms with Crippen LogP contribution in [0.25, 0.3) is 0 Å². The third-order valence-corrected chi connectivity index (χ3v) is 1.35. The molecule has 54 valence electrons. The lowest BCUT2D eigenvalue weighted by Crippen LogP contribution is -2.27. The number of methoxy groups -OCH3 is 1. The van der Waals surface area contributed by atoms with E-state index in [0.717, 1.165) is 7.11 Å². The molecule has 0 fully saturated rings. The zero-order chi connectivity index (χ0) is 7.49. The van der Waals surface area contributed by atoms with E-state index in [9.17, 15) is 9.18 Å². The van der Waals surface area contributed by atoms with Gasteiger partial charge < -0.3 is 4.74 Å². The Morgan fingerprint density at radius 1 is 1.89 bits per heavy atom. The van der Waals surface area contributed by atoms with Crippen LogP contribution in [0, 0.1) is 0 Å². The van der Waals surface area contributed by atoms with Gasteiger partial charge in [0.2, 0.25) is 0 Å². The van der Waals surface area contributed by atoms with Crippen molar-refractivity contribution in [2.45, 2.75) is 18.5 Å². The predicted molar refractivity (Wildman–Crippen MR) is 32.0 cm³/mol. The summed E-state index contributed by atoms with van der Waals surface area (Å²) in [5.74, 6) is -1.04. The summed E-state index contributed by atoms with van der Waals surface area (Å²) in [6.45, 7) is 1.46. The number of esters is 1. The van der Waals surface area contributed by atoms with Gasteiger partial charge in [0.15, 0.2) is 0 Å². The molecule has 0 aromatic carbocycles. The van der Waals surface area contributed by atoms with Crippen molar-refractivity contribution in [2.75, 3.05) is 7.11 Å². The van der Waals surface area contributed by atoms with Crippen LogP contribution >= 0.6 is 11.6 Å². The normalized spacial score (nSPS) is 16.4. The van der Waals surface area contributed by atoms with E-state index in [-0.39, 0.29) is 6.42 Å².